The van der Waals surface area contributed by atoms with Crippen molar-refractivity contribution in [2.45, 2.75) is 0 Å². The molecule has 4 heteroatoms. The van der Waals surface area contributed by atoms with E-state index in [0.717, 1.165) is 11.1 Å². The van der Waals surface area contributed by atoms with Crippen molar-refractivity contribution >= 4 is 23.3 Å². The number of benzene rings is 2. The molecule has 0 amide bonds. The first kappa shape index (κ1) is 15.0. The van der Waals surface area contributed by atoms with Crippen LogP contribution in [-0.2, 0) is 0 Å². The minimum Gasteiger partial charge on any atom is -0.497 e. The van der Waals surface area contributed by atoms with Crippen molar-refractivity contribution in [3.05, 3.63) is 58.6 Å². The summed E-state index contributed by atoms with van der Waals surface area (Å²) in [6.07, 6.45) is 1.80. The van der Waals surface area contributed by atoms with Crippen LogP contribution in [0.25, 0.3) is 11.6 Å². The number of nitrogens with zero attached hydrogens (tertiary/aromatic N) is 1. The first-order valence-corrected chi connectivity index (χ1v) is 6.65. The number of ether oxygens (including phenoxy) is 2. The van der Waals surface area contributed by atoms with Gasteiger partial charge in [-0.05, 0) is 41.5 Å². The van der Waals surface area contributed by atoms with Crippen molar-refractivity contribution in [3.8, 4) is 17.6 Å². The van der Waals surface area contributed by atoms with Crippen molar-refractivity contribution < 1.29 is 9.47 Å². The second-order valence-electron chi connectivity index (χ2n) is 4.32. The molecule has 106 valence electrons. The van der Waals surface area contributed by atoms with Gasteiger partial charge in [-0.1, -0.05) is 23.7 Å². The van der Waals surface area contributed by atoms with Gasteiger partial charge in [-0.25, -0.2) is 0 Å². The lowest BCUT2D eigenvalue weighted by molar-refractivity contribution is 0.394. The van der Waals surface area contributed by atoms with Gasteiger partial charge in [0.1, 0.15) is 11.5 Å². The van der Waals surface area contributed by atoms with Crippen LogP contribution in [0.15, 0.2) is 42.5 Å². The third-order valence-electron chi connectivity index (χ3n) is 2.96. The fraction of sp³-hybridized carbons (Fsp3) is 0.118. The summed E-state index contributed by atoms with van der Waals surface area (Å²) in [5.41, 5.74) is 2.16. The van der Waals surface area contributed by atoms with Crippen LogP contribution in [0.3, 0.4) is 0 Å². The summed E-state index contributed by atoms with van der Waals surface area (Å²) in [6.45, 7) is 0. The summed E-state index contributed by atoms with van der Waals surface area (Å²) in [4.78, 5) is 0. The first-order chi connectivity index (χ1) is 10.2. The highest BCUT2D eigenvalue weighted by Gasteiger charge is 2.06. The third-order valence-corrected chi connectivity index (χ3v) is 3.22. The molecule has 0 fully saturated rings. The van der Waals surface area contributed by atoms with Gasteiger partial charge < -0.3 is 9.47 Å². The number of hydrogen-bond donors (Lipinski definition) is 0. The van der Waals surface area contributed by atoms with Crippen molar-refractivity contribution in [2.24, 2.45) is 0 Å². The smallest absolute Gasteiger partial charge is 0.123 e. The molecule has 0 atom stereocenters. The first-order valence-electron chi connectivity index (χ1n) is 6.27. The lowest BCUT2D eigenvalue weighted by Gasteiger charge is -2.08. The van der Waals surface area contributed by atoms with Crippen LogP contribution in [0.2, 0.25) is 5.02 Å². The maximum atomic E-state index is 9.40. The van der Waals surface area contributed by atoms with Crippen LogP contribution >= 0.6 is 11.6 Å². The van der Waals surface area contributed by atoms with E-state index in [1.807, 2.05) is 12.1 Å². The standard InChI is InChI=1S/C17H14ClNO2/c1-20-16-8-13(9-17(10-16)21-2)14(11-19)7-12-3-5-15(18)6-4-12/h3-10H,1-2H3/b14-7+. The fourth-order valence-corrected chi connectivity index (χ4v) is 1.99. The molecule has 2 aromatic rings. The van der Waals surface area contributed by atoms with Crippen molar-refractivity contribution in [1.82, 2.24) is 0 Å². The van der Waals surface area contributed by atoms with Crippen LogP contribution in [0.1, 0.15) is 11.1 Å². The summed E-state index contributed by atoms with van der Waals surface area (Å²) in [5.74, 6) is 1.28. The second-order valence-corrected chi connectivity index (χ2v) is 4.76. The molecule has 0 aliphatic rings. The fourth-order valence-electron chi connectivity index (χ4n) is 1.87. The highest BCUT2D eigenvalue weighted by molar-refractivity contribution is 6.30. The quantitative estimate of drug-likeness (QED) is 0.620. The lowest BCUT2D eigenvalue weighted by Crippen LogP contribution is -1.90. The van der Waals surface area contributed by atoms with Crippen molar-refractivity contribution in [1.29, 1.82) is 5.26 Å². The van der Waals surface area contributed by atoms with Gasteiger partial charge in [-0.3, -0.25) is 0 Å². The molecule has 0 bridgehead atoms. The van der Waals surface area contributed by atoms with E-state index in [1.165, 1.54) is 0 Å². The van der Waals surface area contributed by atoms with Crippen molar-refractivity contribution in [2.75, 3.05) is 14.2 Å². The number of nitriles is 1. The molecule has 0 radical (unpaired) electrons. The van der Waals surface area contributed by atoms with Crippen LogP contribution in [-0.4, -0.2) is 14.2 Å². The summed E-state index contributed by atoms with van der Waals surface area (Å²) in [7, 11) is 3.15. The van der Waals surface area contributed by atoms with E-state index in [4.69, 9.17) is 21.1 Å². The van der Waals surface area contributed by atoms with Gasteiger partial charge in [-0.2, -0.15) is 5.26 Å². The molecule has 0 N–H and O–H groups in total. The van der Waals surface area contributed by atoms with Gasteiger partial charge in [0, 0.05) is 11.1 Å². The molecule has 0 saturated heterocycles. The molecular formula is C17H14ClNO2. The summed E-state index contributed by atoms with van der Waals surface area (Å²) in [6, 6.07) is 14.9. The Labute approximate surface area is 129 Å². The summed E-state index contributed by atoms with van der Waals surface area (Å²) < 4.78 is 10.4. The SMILES string of the molecule is COc1cc(OC)cc(/C(C#N)=C/c2ccc(Cl)cc2)c1. The highest BCUT2D eigenvalue weighted by Crippen LogP contribution is 2.28. The average Bonchev–Trinajstić information content (AvgIpc) is 2.53. The zero-order valence-electron chi connectivity index (χ0n) is 11.8. The number of allylic oxidation sites excluding steroid dienone is 1. The Morgan fingerprint density at radius 1 is 1.05 bits per heavy atom. The second kappa shape index (κ2) is 6.83. The predicted octanol–water partition coefficient (Wildman–Crippen LogP) is 4.42. The molecule has 0 aliphatic carbocycles. The van der Waals surface area contributed by atoms with E-state index in [1.54, 1.807) is 50.6 Å². The van der Waals surface area contributed by atoms with Crippen LogP contribution in [0.5, 0.6) is 11.5 Å². The molecule has 0 aromatic heterocycles. The molecule has 0 unspecified atom stereocenters. The van der Waals surface area contributed by atoms with Crippen LogP contribution in [0.4, 0.5) is 0 Å². The third kappa shape index (κ3) is 3.77. The predicted molar refractivity (Wildman–Crippen MR) is 84.5 cm³/mol. The van der Waals surface area contributed by atoms with Crippen LogP contribution < -0.4 is 9.47 Å². The molecular weight excluding hydrogens is 286 g/mol. The molecule has 21 heavy (non-hydrogen) atoms. The monoisotopic (exact) mass is 299 g/mol. The van der Waals surface area contributed by atoms with E-state index < -0.39 is 0 Å². The van der Waals surface area contributed by atoms with Gasteiger partial charge in [0.25, 0.3) is 0 Å². The molecule has 3 nitrogen and oxygen atoms in total. The zero-order chi connectivity index (χ0) is 15.2. The summed E-state index contributed by atoms with van der Waals surface area (Å²) >= 11 is 5.86. The Morgan fingerprint density at radius 2 is 1.62 bits per heavy atom. The number of rotatable bonds is 4. The maximum absolute atomic E-state index is 9.40. The Kier molecular flexibility index (Phi) is 4.86. The topological polar surface area (TPSA) is 42.2 Å². The lowest BCUT2D eigenvalue weighted by atomic mass is 10.0. The maximum Gasteiger partial charge on any atom is 0.123 e. The van der Waals surface area contributed by atoms with Gasteiger partial charge in [0.05, 0.1) is 25.9 Å². The normalized spacial score (nSPS) is 10.9. The number of hydrogen-bond acceptors (Lipinski definition) is 3. The molecule has 0 spiro atoms. The van der Waals surface area contributed by atoms with Gasteiger partial charge in [0.15, 0.2) is 0 Å². The molecule has 0 heterocycles. The average molecular weight is 300 g/mol. The molecule has 2 aromatic carbocycles. The number of methoxy groups -OCH3 is 2. The minimum absolute atomic E-state index is 0.523. The van der Waals surface area contributed by atoms with E-state index in [0.29, 0.717) is 22.1 Å². The highest BCUT2D eigenvalue weighted by atomic mass is 35.5. The Hall–Kier alpha value is -2.44. The van der Waals surface area contributed by atoms with E-state index in [9.17, 15) is 5.26 Å². The minimum atomic E-state index is 0.523. The Morgan fingerprint density at radius 3 is 2.10 bits per heavy atom. The molecule has 0 aliphatic heterocycles. The van der Waals surface area contributed by atoms with E-state index in [2.05, 4.69) is 6.07 Å². The van der Waals surface area contributed by atoms with Gasteiger partial charge >= 0.3 is 0 Å². The van der Waals surface area contributed by atoms with E-state index in [-0.39, 0.29) is 0 Å². The summed E-state index contributed by atoms with van der Waals surface area (Å²) in [5, 5.41) is 10.1. The van der Waals surface area contributed by atoms with E-state index >= 15 is 0 Å². The molecule has 0 saturated carbocycles. The molecule has 2 rings (SSSR count). The van der Waals surface area contributed by atoms with Crippen molar-refractivity contribution in [3.63, 3.8) is 0 Å². The Balaban J connectivity index is 2.46. The van der Waals surface area contributed by atoms with Gasteiger partial charge in [-0.15, -0.1) is 0 Å². The van der Waals surface area contributed by atoms with Gasteiger partial charge in [0.2, 0.25) is 0 Å². The Bertz CT molecular complexity index is 677. The van der Waals surface area contributed by atoms with Crippen LogP contribution in [0, 0.1) is 11.3 Å². The largest absolute Gasteiger partial charge is 0.497 e. The number of halogens is 1. The zero-order valence-corrected chi connectivity index (χ0v) is 12.5.